The maximum absolute atomic E-state index is 6.27. The third-order valence-electron chi connectivity index (χ3n) is 5.60. The van der Waals surface area contributed by atoms with Crippen molar-refractivity contribution in [2.45, 2.75) is 38.3 Å². The number of hydrogen-bond acceptors (Lipinski definition) is 8. The van der Waals surface area contributed by atoms with Crippen LogP contribution in [0.25, 0.3) is 15.9 Å². The van der Waals surface area contributed by atoms with Crippen LogP contribution in [0.4, 0.5) is 5.82 Å². The first-order valence-electron chi connectivity index (χ1n) is 10.8. The molecule has 0 atom stereocenters. The van der Waals surface area contributed by atoms with E-state index in [0.717, 1.165) is 43.8 Å². The molecule has 34 heavy (non-hydrogen) atoms. The van der Waals surface area contributed by atoms with Gasteiger partial charge in [0.15, 0.2) is 11.0 Å². The fraction of sp³-hybridized carbons (Fsp3) is 0.200. The van der Waals surface area contributed by atoms with Crippen LogP contribution in [0.5, 0.6) is 5.75 Å². The van der Waals surface area contributed by atoms with Crippen molar-refractivity contribution in [2.75, 3.05) is 5.73 Å². The van der Waals surface area contributed by atoms with E-state index >= 15 is 0 Å². The van der Waals surface area contributed by atoms with Crippen LogP contribution in [0.2, 0.25) is 0 Å². The van der Waals surface area contributed by atoms with Gasteiger partial charge in [0.1, 0.15) is 28.8 Å². The van der Waals surface area contributed by atoms with E-state index < -0.39 is 0 Å². The van der Waals surface area contributed by atoms with Gasteiger partial charge in [0.2, 0.25) is 0 Å². The minimum Gasteiger partial charge on any atom is -0.485 e. The largest absolute Gasteiger partial charge is 0.485 e. The minimum atomic E-state index is 0.302. The van der Waals surface area contributed by atoms with Crippen LogP contribution in [0.3, 0.4) is 0 Å². The average molecular weight is 489 g/mol. The number of nitrogen functional groups attached to an aromatic ring is 1. The average Bonchev–Trinajstić information content (AvgIpc) is 3.37. The molecule has 2 N–H and O–H groups in total. The number of thioether (sulfide) groups is 1. The Labute approximate surface area is 206 Å². The molecule has 0 spiro atoms. The zero-order chi connectivity index (χ0) is 23.7. The van der Waals surface area contributed by atoms with Crippen molar-refractivity contribution >= 4 is 39.1 Å². The molecule has 0 saturated carbocycles. The van der Waals surface area contributed by atoms with Gasteiger partial charge >= 0.3 is 0 Å². The van der Waals surface area contributed by atoms with Crippen molar-refractivity contribution in [3.8, 4) is 11.4 Å². The Balaban J connectivity index is 1.42. The summed E-state index contributed by atoms with van der Waals surface area (Å²) in [5, 5.41) is 10.6. The maximum atomic E-state index is 6.27. The van der Waals surface area contributed by atoms with Crippen molar-refractivity contribution < 1.29 is 4.74 Å². The van der Waals surface area contributed by atoms with E-state index in [1.807, 2.05) is 66.1 Å². The van der Waals surface area contributed by atoms with Crippen LogP contribution in [-0.4, -0.2) is 24.7 Å². The van der Waals surface area contributed by atoms with Gasteiger partial charge in [0.25, 0.3) is 0 Å². The molecule has 0 bridgehead atoms. The summed E-state index contributed by atoms with van der Waals surface area (Å²) in [5.74, 6) is 3.28. The third-order valence-corrected chi connectivity index (χ3v) is 7.62. The lowest BCUT2D eigenvalue weighted by Crippen LogP contribution is -2.07. The third kappa shape index (κ3) is 4.36. The number of ether oxygens (including phenoxy) is 1. The van der Waals surface area contributed by atoms with Crippen LogP contribution in [-0.2, 0) is 12.4 Å². The fourth-order valence-electron chi connectivity index (χ4n) is 3.70. The Morgan fingerprint density at radius 1 is 0.971 bits per heavy atom. The second kappa shape index (κ2) is 9.44. The summed E-state index contributed by atoms with van der Waals surface area (Å²) < 4.78 is 8.08. The van der Waals surface area contributed by atoms with Crippen LogP contribution < -0.4 is 10.5 Å². The molecule has 3 heterocycles. The molecular formula is C25H24N6OS2. The Kier molecular flexibility index (Phi) is 6.21. The Hall–Kier alpha value is -3.43. The Morgan fingerprint density at radius 3 is 2.53 bits per heavy atom. The molecule has 0 aliphatic heterocycles. The fourth-order valence-corrected chi connectivity index (χ4v) is 5.59. The molecule has 0 radical (unpaired) electrons. The van der Waals surface area contributed by atoms with E-state index in [1.54, 1.807) is 11.3 Å². The number of fused-ring (bicyclic) bond motifs is 1. The number of rotatable bonds is 7. The Morgan fingerprint density at radius 2 is 1.74 bits per heavy atom. The Bertz CT molecular complexity index is 1460. The predicted molar refractivity (Wildman–Crippen MR) is 138 cm³/mol. The normalized spacial score (nSPS) is 11.3. The number of para-hydroxylation sites is 2. The van der Waals surface area contributed by atoms with Crippen LogP contribution in [0.15, 0.2) is 59.8 Å². The van der Waals surface area contributed by atoms with E-state index in [0.29, 0.717) is 24.0 Å². The van der Waals surface area contributed by atoms with Gasteiger partial charge in [0, 0.05) is 10.6 Å². The summed E-state index contributed by atoms with van der Waals surface area (Å²) in [6.45, 7) is 6.47. The van der Waals surface area contributed by atoms with Crippen LogP contribution >= 0.6 is 23.1 Å². The van der Waals surface area contributed by atoms with E-state index in [1.165, 1.54) is 16.6 Å². The number of nitrogens with zero attached hydrogens (tertiary/aromatic N) is 5. The molecule has 2 aromatic carbocycles. The van der Waals surface area contributed by atoms with Gasteiger partial charge in [-0.2, -0.15) is 0 Å². The molecule has 172 valence electrons. The number of thiophene rings is 1. The summed E-state index contributed by atoms with van der Waals surface area (Å²) >= 11 is 3.18. The van der Waals surface area contributed by atoms with Gasteiger partial charge in [-0.3, -0.25) is 4.57 Å². The first kappa shape index (κ1) is 22.4. The molecule has 7 nitrogen and oxygen atoms in total. The van der Waals surface area contributed by atoms with Crippen LogP contribution in [0.1, 0.15) is 27.7 Å². The number of aromatic nitrogens is 5. The molecule has 0 aliphatic carbocycles. The number of benzene rings is 2. The molecule has 0 amide bonds. The second-order valence-corrected chi connectivity index (χ2v) is 10.0. The summed E-state index contributed by atoms with van der Waals surface area (Å²) in [6.07, 6.45) is 0. The molecule has 0 aliphatic rings. The predicted octanol–water partition coefficient (Wildman–Crippen LogP) is 5.65. The van der Waals surface area contributed by atoms with Crippen molar-refractivity contribution in [1.29, 1.82) is 0 Å². The van der Waals surface area contributed by atoms with E-state index in [9.17, 15) is 0 Å². The standard InChI is InChI=1S/C25H24N6OS2/c1-15-9-7-8-12-19(15)32-13-21-29-30-25(31(21)18-10-5-4-6-11-18)33-14-20-27-23(26)22-16(2)17(3)34-24(22)28-20/h4-12H,13-14H2,1-3H3,(H2,26,27,28). The molecule has 9 heteroatoms. The zero-order valence-corrected chi connectivity index (χ0v) is 20.8. The van der Waals surface area contributed by atoms with Crippen LogP contribution in [0, 0.1) is 20.8 Å². The van der Waals surface area contributed by atoms with Crippen molar-refractivity contribution in [3.63, 3.8) is 0 Å². The maximum Gasteiger partial charge on any atom is 0.196 e. The molecule has 5 rings (SSSR count). The molecule has 3 aromatic heterocycles. The van der Waals surface area contributed by atoms with Crippen molar-refractivity contribution in [3.05, 3.63) is 82.3 Å². The van der Waals surface area contributed by atoms with E-state index in [-0.39, 0.29) is 0 Å². The molecular weight excluding hydrogens is 464 g/mol. The van der Waals surface area contributed by atoms with Gasteiger partial charge in [-0.1, -0.05) is 48.2 Å². The number of aryl methyl sites for hydroxylation is 3. The van der Waals surface area contributed by atoms with Crippen molar-refractivity contribution in [2.24, 2.45) is 0 Å². The number of hydrogen-bond donors (Lipinski definition) is 1. The second-order valence-electron chi connectivity index (χ2n) is 7.90. The van der Waals surface area contributed by atoms with E-state index in [4.69, 9.17) is 15.5 Å². The topological polar surface area (TPSA) is 91.7 Å². The highest BCUT2D eigenvalue weighted by molar-refractivity contribution is 7.98. The molecule has 5 aromatic rings. The number of anilines is 1. The van der Waals surface area contributed by atoms with Gasteiger partial charge in [0.05, 0.1) is 11.1 Å². The lowest BCUT2D eigenvalue weighted by Gasteiger charge is -2.12. The highest BCUT2D eigenvalue weighted by Gasteiger charge is 2.18. The summed E-state index contributed by atoms with van der Waals surface area (Å²) in [7, 11) is 0. The minimum absolute atomic E-state index is 0.302. The molecule has 0 fully saturated rings. The summed E-state index contributed by atoms with van der Waals surface area (Å²) in [6, 6.07) is 18.0. The van der Waals surface area contributed by atoms with Gasteiger partial charge in [-0.15, -0.1) is 21.5 Å². The number of nitrogens with two attached hydrogens (primary N) is 1. The van der Waals surface area contributed by atoms with E-state index in [2.05, 4.69) is 29.0 Å². The monoisotopic (exact) mass is 488 g/mol. The quantitative estimate of drug-likeness (QED) is 0.296. The lowest BCUT2D eigenvalue weighted by molar-refractivity contribution is 0.291. The first-order valence-corrected chi connectivity index (χ1v) is 12.6. The highest BCUT2D eigenvalue weighted by Crippen LogP contribution is 2.33. The first-order chi connectivity index (χ1) is 16.5. The SMILES string of the molecule is Cc1ccccc1OCc1nnc(SCc2nc(N)c3c(C)c(C)sc3n2)n1-c1ccccc1. The molecule has 0 saturated heterocycles. The molecule has 0 unspecified atom stereocenters. The highest BCUT2D eigenvalue weighted by atomic mass is 32.2. The van der Waals surface area contributed by atoms with Crippen molar-refractivity contribution in [1.82, 2.24) is 24.7 Å². The smallest absolute Gasteiger partial charge is 0.196 e. The summed E-state index contributed by atoms with van der Waals surface area (Å²) in [4.78, 5) is 11.4. The van der Waals surface area contributed by atoms with Gasteiger partial charge < -0.3 is 10.5 Å². The lowest BCUT2D eigenvalue weighted by atomic mass is 10.2. The van der Waals surface area contributed by atoms with Gasteiger partial charge in [-0.25, -0.2) is 9.97 Å². The van der Waals surface area contributed by atoms with Gasteiger partial charge in [-0.05, 0) is 50.1 Å². The zero-order valence-electron chi connectivity index (χ0n) is 19.1. The summed E-state index contributed by atoms with van der Waals surface area (Å²) in [5.41, 5.74) is 9.47.